The molecule has 1 aromatic heterocycles. The molecule has 2 amide bonds. The van der Waals surface area contributed by atoms with Gasteiger partial charge in [-0.15, -0.1) is 0 Å². The highest BCUT2D eigenvalue weighted by molar-refractivity contribution is 6.36. The summed E-state index contributed by atoms with van der Waals surface area (Å²) in [5.41, 5.74) is 3.65. The van der Waals surface area contributed by atoms with Gasteiger partial charge in [0.25, 0.3) is 11.8 Å². The molecule has 0 spiro atoms. The van der Waals surface area contributed by atoms with Crippen LogP contribution in [-0.2, 0) is 16.1 Å². The van der Waals surface area contributed by atoms with E-state index in [9.17, 15) is 9.59 Å². The molecule has 1 N–H and O–H groups in total. The molecule has 2 heterocycles. The van der Waals surface area contributed by atoms with Crippen molar-refractivity contribution in [3.8, 4) is 11.5 Å². The van der Waals surface area contributed by atoms with Gasteiger partial charge in [0, 0.05) is 24.1 Å². The molecule has 2 aromatic carbocycles. The summed E-state index contributed by atoms with van der Waals surface area (Å²) < 4.78 is 10.6. The lowest BCUT2D eigenvalue weighted by molar-refractivity contribution is -0.137. The third-order valence-corrected chi connectivity index (χ3v) is 5.22. The molecule has 0 bridgehead atoms. The third-order valence-electron chi connectivity index (χ3n) is 5.22. The largest absolute Gasteiger partial charge is 0.493 e. The van der Waals surface area contributed by atoms with Gasteiger partial charge in [0.15, 0.2) is 11.5 Å². The SMILES string of the molecule is COc1ccc(NC2=C(c3ccc(C)cc3)C(=O)N(Cc3cccnc3)C2=O)cc1OC. The number of benzene rings is 2. The van der Waals surface area contributed by atoms with Crippen LogP contribution in [0.1, 0.15) is 16.7 Å². The van der Waals surface area contributed by atoms with Gasteiger partial charge in [0.05, 0.1) is 26.3 Å². The summed E-state index contributed by atoms with van der Waals surface area (Å²) in [4.78, 5) is 32.0. The number of anilines is 1. The number of amides is 2. The number of pyridine rings is 1. The molecule has 0 atom stereocenters. The number of methoxy groups -OCH3 is 2. The Kier molecular flexibility index (Phi) is 5.89. The fourth-order valence-electron chi connectivity index (χ4n) is 3.56. The van der Waals surface area contributed by atoms with E-state index in [-0.39, 0.29) is 18.1 Å². The molecule has 0 saturated carbocycles. The van der Waals surface area contributed by atoms with E-state index in [1.165, 1.54) is 4.90 Å². The lowest BCUT2D eigenvalue weighted by Crippen LogP contribution is -2.32. The Balaban J connectivity index is 1.74. The number of aryl methyl sites for hydroxylation is 1. The van der Waals surface area contributed by atoms with Gasteiger partial charge in [-0.05, 0) is 36.2 Å². The van der Waals surface area contributed by atoms with Crippen LogP contribution in [0.15, 0.2) is 72.7 Å². The molecule has 0 radical (unpaired) electrons. The minimum Gasteiger partial charge on any atom is -0.493 e. The monoisotopic (exact) mass is 429 g/mol. The summed E-state index contributed by atoms with van der Waals surface area (Å²) in [7, 11) is 3.09. The second-order valence-corrected chi connectivity index (χ2v) is 7.37. The van der Waals surface area contributed by atoms with Crippen LogP contribution in [0.4, 0.5) is 5.69 Å². The van der Waals surface area contributed by atoms with E-state index in [1.54, 1.807) is 50.9 Å². The molecule has 162 valence electrons. The summed E-state index contributed by atoms with van der Waals surface area (Å²) in [5, 5.41) is 3.14. The van der Waals surface area contributed by atoms with Crippen LogP contribution in [0.3, 0.4) is 0 Å². The van der Waals surface area contributed by atoms with Gasteiger partial charge in [0.2, 0.25) is 0 Å². The maximum atomic E-state index is 13.4. The minimum atomic E-state index is -0.399. The molecule has 1 aliphatic rings. The maximum absolute atomic E-state index is 13.4. The maximum Gasteiger partial charge on any atom is 0.278 e. The van der Waals surface area contributed by atoms with Crippen molar-refractivity contribution in [2.45, 2.75) is 13.5 Å². The summed E-state index contributed by atoms with van der Waals surface area (Å²) in [6, 6.07) is 16.4. The number of imide groups is 1. The quantitative estimate of drug-likeness (QED) is 0.576. The van der Waals surface area contributed by atoms with Crippen molar-refractivity contribution < 1.29 is 19.1 Å². The zero-order chi connectivity index (χ0) is 22.7. The first-order chi connectivity index (χ1) is 15.5. The van der Waals surface area contributed by atoms with Crippen molar-refractivity contribution in [1.29, 1.82) is 0 Å². The first-order valence-electron chi connectivity index (χ1n) is 10.1. The molecule has 0 fully saturated rings. The number of hydrogen-bond donors (Lipinski definition) is 1. The number of nitrogens with one attached hydrogen (secondary N) is 1. The van der Waals surface area contributed by atoms with E-state index in [2.05, 4.69) is 10.3 Å². The van der Waals surface area contributed by atoms with Gasteiger partial charge in [-0.25, -0.2) is 0 Å². The zero-order valence-corrected chi connectivity index (χ0v) is 18.1. The highest BCUT2D eigenvalue weighted by Crippen LogP contribution is 2.34. The third kappa shape index (κ3) is 4.05. The molecular formula is C25H23N3O4. The van der Waals surface area contributed by atoms with Crippen molar-refractivity contribution in [3.05, 3.63) is 89.4 Å². The Morgan fingerprint density at radius 2 is 1.69 bits per heavy atom. The second kappa shape index (κ2) is 8.93. The summed E-state index contributed by atoms with van der Waals surface area (Å²) >= 11 is 0. The van der Waals surface area contributed by atoms with Crippen molar-refractivity contribution in [2.75, 3.05) is 19.5 Å². The number of carbonyl (C=O) groups is 2. The Labute approximate surface area is 186 Å². The van der Waals surface area contributed by atoms with Gasteiger partial charge in [0.1, 0.15) is 5.70 Å². The Hall–Kier alpha value is -4.13. The summed E-state index contributed by atoms with van der Waals surface area (Å²) in [6.45, 7) is 2.11. The van der Waals surface area contributed by atoms with Gasteiger partial charge >= 0.3 is 0 Å². The average Bonchev–Trinajstić information content (AvgIpc) is 3.04. The molecule has 0 aliphatic carbocycles. The van der Waals surface area contributed by atoms with Crippen molar-refractivity contribution in [1.82, 2.24) is 9.88 Å². The van der Waals surface area contributed by atoms with Crippen LogP contribution in [-0.4, -0.2) is 35.9 Å². The van der Waals surface area contributed by atoms with E-state index in [0.29, 0.717) is 28.3 Å². The average molecular weight is 429 g/mol. The highest BCUT2D eigenvalue weighted by atomic mass is 16.5. The zero-order valence-electron chi connectivity index (χ0n) is 18.1. The molecule has 7 heteroatoms. The number of rotatable bonds is 7. The van der Waals surface area contributed by atoms with Crippen molar-refractivity contribution >= 4 is 23.1 Å². The van der Waals surface area contributed by atoms with Crippen LogP contribution in [0, 0.1) is 6.92 Å². The predicted octanol–water partition coefficient (Wildman–Crippen LogP) is 3.80. The minimum absolute atomic E-state index is 0.137. The van der Waals surface area contributed by atoms with Crippen LogP contribution < -0.4 is 14.8 Å². The molecule has 32 heavy (non-hydrogen) atoms. The fourth-order valence-corrected chi connectivity index (χ4v) is 3.56. The molecule has 1 aliphatic heterocycles. The van der Waals surface area contributed by atoms with Crippen LogP contribution in [0.5, 0.6) is 11.5 Å². The first kappa shape index (κ1) is 21.1. The normalized spacial score (nSPS) is 13.5. The fraction of sp³-hybridized carbons (Fsp3) is 0.160. The van der Waals surface area contributed by atoms with E-state index in [1.807, 2.05) is 37.3 Å². The van der Waals surface area contributed by atoms with E-state index in [4.69, 9.17) is 9.47 Å². The predicted molar refractivity (Wildman–Crippen MR) is 121 cm³/mol. The van der Waals surface area contributed by atoms with Crippen molar-refractivity contribution in [2.24, 2.45) is 0 Å². The van der Waals surface area contributed by atoms with Gasteiger partial charge in [-0.1, -0.05) is 35.9 Å². The molecular weight excluding hydrogens is 406 g/mol. The first-order valence-corrected chi connectivity index (χ1v) is 10.1. The second-order valence-electron chi connectivity index (χ2n) is 7.37. The van der Waals surface area contributed by atoms with Gasteiger partial charge in [-0.3, -0.25) is 19.5 Å². The molecule has 7 nitrogen and oxygen atoms in total. The summed E-state index contributed by atoms with van der Waals surface area (Å²) in [6.07, 6.45) is 3.29. The van der Waals surface area contributed by atoms with Crippen LogP contribution >= 0.6 is 0 Å². The number of aromatic nitrogens is 1. The Morgan fingerprint density at radius 3 is 2.34 bits per heavy atom. The number of carbonyl (C=O) groups excluding carboxylic acids is 2. The lowest BCUT2D eigenvalue weighted by Gasteiger charge is -2.15. The molecule has 3 aromatic rings. The van der Waals surface area contributed by atoms with E-state index >= 15 is 0 Å². The van der Waals surface area contributed by atoms with Crippen molar-refractivity contribution in [3.63, 3.8) is 0 Å². The molecule has 0 unspecified atom stereocenters. The lowest BCUT2D eigenvalue weighted by atomic mass is 10.0. The topological polar surface area (TPSA) is 80.8 Å². The standard InChI is InChI=1S/C25H23N3O4/c1-16-6-8-18(9-7-16)22-23(27-19-10-11-20(31-2)21(13-19)32-3)25(30)28(24(22)29)15-17-5-4-12-26-14-17/h4-14,27H,15H2,1-3H3. The molecule has 0 saturated heterocycles. The van der Waals surface area contributed by atoms with E-state index in [0.717, 1.165) is 11.1 Å². The number of hydrogen-bond acceptors (Lipinski definition) is 6. The van der Waals surface area contributed by atoms with Gasteiger partial charge < -0.3 is 14.8 Å². The number of nitrogens with zero attached hydrogens (tertiary/aromatic N) is 2. The van der Waals surface area contributed by atoms with Gasteiger partial charge in [-0.2, -0.15) is 0 Å². The van der Waals surface area contributed by atoms with E-state index < -0.39 is 5.91 Å². The Bertz CT molecular complexity index is 1190. The summed E-state index contributed by atoms with van der Waals surface area (Å²) in [5.74, 6) is 0.326. The smallest absolute Gasteiger partial charge is 0.278 e. The highest BCUT2D eigenvalue weighted by Gasteiger charge is 2.39. The molecule has 4 rings (SSSR count). The van der Waals surface area contributed by atoms with Crippen LogP contribution in [0.2, 0.25) is 0 Å². The van der Waals surface area contributed by atoms with Crippen LogP contribution in [0.25, 0.3) is 5.57 Å². The Morgan fingerprint density at radius 1 is 0.938 bits per heavy atom. The number of ether oxygens (including phenoxy) is 2.